The Morgan fingerprint density at radius 2 is 1.94 bits per heavy atom. The number of carbonyl (C=O) groups excluding carboxylic acids is 1. The van der Waals surface area contributed by atoms with E-state index in [1.807, 2.05) is 18.2 Å². The Bertz CT molecular complexity index is 411. The van der Waals surface area contributed by atoms with Gasteiger partial charge in [0.1, 0.15) is 0 Å². The molecule has 0 bridgehead atoms. The van der Waals surface area contributed by atoms with Gasteiger partial charge in [-0.15, -0.1) is 0 Å². The molecule has 18 heavy (non-hydrogen) atoms. The number of hydrogen-bond donors (Lipinski definition) is 2. The van der Waals surface area contributed by atoms with Crippen LogP contribution in [0.2, 0.25) is 0 Å². The Kier molecular flexibility index (Phi) is 4.20. The number of nitrogens with zero attached hydrogens (tertiary/aromatic N) is 1. The Hall–Kier alpha value is -1.55. The molecule has 1 saturated heterocycles. The van der Waals surface area contributed by atoms with Gasteiger partial charge in [-0.3, -0.25) is 0 Å². The van der Waals surface area contributed by atoms with Crippen molar-refractivity contribution >= 4 is 11.7 Å². The quantitative estimate of drug-likeness (QED) is 0.842. The third-order valence-electron chi connectivity index (χ3n) is 3.39. The molecule has 2 amide bonds. The maximum Gasteiger partial charge on any atom is 0.321 e. The van der Waals surface area contributed by atoms with Gasteiger partial charge in [-0.05, 0) is 43.5 Å². The number of piperidine rings is 1. The van der Waals surface area contributed by atoms with Gasteiger partial charge in [-0.1, -0.05) is 18.2 Å². The molecule has 1 aliphatic rings. The summed E-state index contributed by atoms with van der Waals surface area (Å²) in [4.78, 5) is 13.3. The van der Waals surface area contributed by atoms with Crippen LogP contribution in [0.25, 0.3) is 0 Å². The SMILES string of the molecule is CN(C)C(=O)Nc1ccccc1C1CCNCC1. The average molecular weight is 247 g/mol. The number of nitrogens with one attached hydrogen (secondary N) is 2. The van der Waals surface area contributed by atoms with Crippen LogP contribution < -0.4 is 10.6 Å². The van der Waals surface area contributed by atoms with Crippen molar-refractivity contribution in [2.45, 2.75) is 18.8 Å². The number of benzene rings is 1. The molecule has 1 heterocycles. The summed E-state index contributed by atoms with van der Waals surface area (Å²) >= 11 is 0. The maximum atomic E-state index is 11.7. The van der Waals surface area contributed by atoms with Crippen LogP contribution >= 0.6 is 0 Å². The standard InChI is InChI=1S/C14H21N3O/c1-17(2)14(18)16-13-6-4-3-5-12(13)11-7-9-15-10-8-11/h3-6,11,15H,7-10H2,1-2H3,(H,16,18). The van der Waals surface area contributed by atoms with Gasteiger partial charge in [-0.25, -0.2) is 4.79 Å². The van der Waals surface area contributed by atoms with Gasteiger partial charge in [0.15, 0.2) is 0 Å². The van der Waals surface area contributed by atoms with Crippen molar-refractivity contribution in [3.05, 3.63) is 29.8 Å². The van der Waals surface area contributed by atoms with Crippen LogP contribution in [-0.2, 0) is 0 Å². The molecule has 1 fully saturated rings. The Balaban J connectivity index is 2.16. The topological polar surface area (TPSA) is 44.4 Å². The van der Waals surface area contributed by atoms with Gasteiger partial charge in [0.2, 0.25) is 0 Å². The smallest absolute Gasteiger partial charge is 0.321 e. The molecule has 0 atom stereocenters. The van der Waals surface area contributed by atoms with Crippen LogP contribution in [0, 0.1) is 0 Å². The molecule has 2 N–H and O–H groups in total. The summed E-state index contributed by atoms with van der Waals surface area (Å²) in [7, 11) is 3.50. The first-order valence-corrected chi connectivity index (χ1v) is 6.46. The van der Waals surface area contributed by atoms with E-state index in [9.17, 15) is 4.79 Å². The Morgan fingerprint density at radius 1 is 1.28 bits per heavy atom. The summed E-state index contributed by atoms with van der Waals surface area (Å²) in [5.74, 6) is 0.546. The predicted octanol–water partition coefficient (Wildman–Crippen LogP) is 2.25. The van der Waals surface area contributed by atoms with Gasteiger partial charge >= 0.3 is 6.03 Å². The molecular weight excluding hydrogens is 226 g/mol. The lowest BCUT2D eigenvalue weighted by Gasteiger charge is -2.25. The van der Waals surface area contributed by atoms with E-state index in [4.69, 9.17) is 0 Å². The molecule has 1 aromatic carbocycles. The zero-order valence-corrected chi connectivity index (χ0v) is 11.1. The molecule has 98 valence electrons. The van der Waals surface area contributed by atoms with Crippen molar-refractivity contribution < 1.29 is 4.79 Å². The summed E-state index contributed by atoms with van der Waals surface area (Å²) < 4.78 is 0. The molecule has 0 unspecified atom stereocenters. The Morgan fingerprint density at radius 3 is 2.61 bits per heavy atom. The monoisotopic (exact) mass is 247 g/mol. The fourth-order valence-electron chi connectivity index (χ4n) is 2.33. The minimum Gasteiger partial charge on any atom is -0.331 e. The fourth-order valence-corrected chi connectivity index (χ4v) is 2.33. The minimum absolute atomic E-state index is 0.0728. The summed E-state index contributed by atoms with van der Waals surface area (Å²) in [6, 6.07) is 8.05. The van der Waals surface area contributed by atoms with Gasteiger partial charge in [0, 0.05) is 19.8 Å². The maximum absolute atomic E-state index is 11.7. The number of amides is 2. The van der Waals surface area contributed by atoms with Crippen LogP contribution in [0.1, 0.15) is 24.3 Å². The van der Waals surface area contributed by atoms with Crippen LogP contribution in [0.5, 0.6) is 0 Å². The van der Waals surface area contributed by atoms with E-state index in [0.717, 1.165) is 31.6 Å². The number of para-hydroxylation sites is 1. The molecular formula is C14H21N3O. The third-order valence-corrected chi connectivity index (χ3v) is 3.39. The second-order valence-corrected chi connectivity index (χ2v) is 4.94. The normalized spacial score (nSPS) is 16.3. The summed E-state index contributed by atoms with van der Waals surface area (Å²) in [5, 5.41) is 6.34. The van der Waals surface area contributed by atoms with Gasteiger partial charge < -0.3 is 15.5 Å². The highest BCUT2D eigenvalue weighted by molar-refractivity contribution is 5.89. The molecule has 0 aromatic heterocycles. The highest BCUT2D eigenvalue weighted by Crippen LogP contribution is 2.30. The molecule has 0 aliphatic carbocycles. The van der Waals surface area contributed by atoms with E-state index >= 15 is 0 Å². The third kappa shape index (κ3) is 3.01. The van der Waals surface area contributed by atoms with E-state index in [0.29, 0.717) is 5.92 Å². The van der Waals surface area contributed by atoms with Crippen molar-refractivity contribution in [1.29, 1.82) is 0 Å². The fraction of sp³-hybridized carbons (Fsp3) is 0.500. The van der Waals surface area contributed by atoms with E-state index < -0.39 is 0 Å². The second kappa shape index (κ2) is 5.87. The first kappa shape index (κ1) is 12.9. The number of carbonyl (C=O) groups is 1. The molecule has 2 rings (SSSR count). The van der Waals surface area contributed by atoms with Gasteiger partial charge in [0.05, 0.1) is 0 Å². The van der Waals surface area contributed by atoms with Gasteiger partial charge in [-0.2, -0.15) is 0 Å². The van der Waals surface area contributed by atoms with Crippen molar-refractivity contribution in [1.82, 2.24) is 10.2 Å². The minimum atomic E-state index is -0.0728. The molecule has 4 nitrogen and oxygen atoms in total. The first-order valence-electron chi connectivity index (χ1n) is 6.46. The number of anilines is 1. The van der Waals surface area contributed by atoms with E-state index in [2.05, 4.69) is 16.7 Å². The zero-order valence-electron chi connectivity index (χ0n) is 11.1. The molecule has 1 aromatic rings. The Labute approximate surface area is 108 Å². The molecule has 0 saturated carbocycles. The van der Waals surface area contributed by atoms with E-state index in [1.54, 1.807) is 19.0 Å². The largest absolute Gasteiger partial charge is 0.331 e. The lowest BCUT2D eigenvalue weighted by molar-refractivity contribution is 0.230. The number of rotatable bonds is 2. The van der Waals surface area contributed by atoms with Crippen LogP contribution in [-0.4, -0.2) is 38.1 Å². The highest BCUT2D eigenvalue weighted by Gasteiger charge is 2.18. The lowest BCUT2D eigenvalue weighted by atomic mass is 9.89. The van der Waals surface area contributed by atoms with E-state index in [1.165, 1.54) is 5.56 Å². The van der Waals surface area contributed by atoms with E-state index in [-0.39, 0.29) is 6.03 Å². The van der Waals surface area contributed by atoms with Crippen LogP contribution in [0.4, 0.5) is 10.5 Å². The summed E-state index contributed by atoms with van der Waals surface area (Å²) in [6.45, 7) is 2.11. The summed E-state index contributed by atoms with van der Waals surface area (Å²) in [5.41, 5.74) is 2.21. The predicted molar refractivity (Wildman–Crippen MR) is 74.0 cm³/mol. The lowest BCUT2D eigenvalue weighted by Crippen LogP contribution is -2.29. The summed E-state index contributed by atoms with van der Waals surface area (Å²) in [6.07, 6.45) is 2.27. The number of hydrogen-bond acceptors (Lipinski definition) is 2. The highest BCUT2D eigenvalue weighted by atomic mass is 16.2. The van der Waals surface area contributed by atoms with Crippen molar-refractivity contribution in [3.8, 4) is 0 Å². The van der Waals surface area contributed by atoms with Gasteiger partial charge in [0.25, 0.3) is 0 Å². The van der Waals surface area contributed by atoms with Crippen molar-refractivity contribution in [3.63, 3.8) is 0 Å². The zero-order chi connectivity index (χ0) is 13.0. The molecule has 1 aliphatic heterocycles. The van der Waals surface area contributed by atoms with Crippen LogP contribution in [0.15, 0.2) is 24.3 Å². The molecule has 0 radical (unpaired) electrons. The van der Waals surface area contributed by atoms with Crippen LogP contribution in [0.3, 0.4) is 0 Å². The molecule has 0 spiro atoms. The first-order chi connectivity index (χ1) is 8.68. The average Bonchev–Trinajstić information content (AvgIpc) is 2.40. The van der Waals surface area contributed by atoms with Crippen molar-refractivity contribution in [2.24, 2.45) is 0 Å². The van der Waals surface area contributed by atoms with Crippen molar-refractivity contribution in [2.75, 3.05) is 32.5 Å². The second-order valence-electron chi connectivity index (χ2n) is 4.94. The number of urea groups is 1. The molecule has 4 heteroatoms.